The van der Waals surface area contributed by atoms with Gasteiger partial charge in [-0.25, -0.2) is 0 Å². The summed E-state index contributed by atoms with van der Waals surface area (Å²) >= 11 is 0. The number of rotatable bonds is 7. The van der Waals surface area contributed by atoms with Crippen LogP contribution in [0.2, 0.25) is 6.04 Å². The third kappa shape index (κ3) is 3.32. The number of hydrogen-bond donors (Lipinski definition) is 0. The quantitative estimate of drug-likeness (QED) is 0.713. The van der Waals surface area contributed by atoms with E-state index in [0.717, 1.165) is 29.3 Å². The molecular weight excluding hydrogens is 248 g/mol. The summed E-state index contributed by atoms with van der Waals surface area (Å²) in [6.45, 7) is 2.04. The van der Waals surface area contributed by atoms with Crippen molar-refractivity contribution in [2.24, 2.45) is 0 Å². The Labute approximate surface area is 110 Å². The third-order valence-corrected chi connectivity index (χ3v) is 5.86. The van der Waals surface area contributed by atoms with Crippen molar-refractivity contribution in [1.82, 2.24) is 0 Å². The maximum atomic E-state index is 5.44. The van der Waals surface area contributed by atoms with Gasteiger partial charge in [-0.05, 0) is 24.5 Å². The van der Waals surface area contributed by atoms with Gasteiger partial charge in [-0.3, -0.25) is 0 Å². The van der Waals surface area contributed by atoms with Gasteiger partial charge in [0.1, 0.15) is 5.75 Å². The second-order valence-corrected chi connectivity index (χ2v) is 7.15. The molecule has 0 saturated carbocycles. The van der Waals surface area contributed by atoms with Crippen molar-refractivity contribution in [2.75, 3.05) is 28.4 Å². The molecule has 0 aliphatic carbocycles. The first-order valence-electron chi connectivity index (χ1n) is 5.90. The minimum absolute atomic E-state index is 0.732. The fourth-order valence-electron chi connectivity index (χ4n) is 2.05. The molecule has 18 heavy (non-hydrogen) atoms. The Morgan fingerprint density at radius 2 is 1.61 bits per heavy atom. The highest BCUT2D eigenvalue weighted by Crippen LogP contribution is 2.26. The Morgan fingerprint density at radius 3 is 2.11 bits per heavy atom. The maximum absolute atomic E-state index is 5.44. The highest BCUT2D eigenvalue weighted by molar-refractivity contribution is 6.60. The minimum Gasteiger partial charge on any atom is -0.496 e. The molecule has 0 aromatic heterocycles. The molecule has 1 aromatic rings. The third-order valence-electron chi connectivity index (χ3n) is 3.13. The highest BCUT2D eigenvalue weighted by atomic mass is 28.4. The van der Waals surface area contributed by atoms with Gasteiger partial charge < -0.3 is 18.0 Å². The van der Waals surface area contributed by atoms with Crippen LogP contribution in [0, 0.1) is 6.92 Å². The summed E-state index contributed by atoms with van der Waals surface area (Å²) in [5, 5.41) is 0. The molecule has 0 saturated heterocycles. The molecule has 0 N–H and O–H groups in total. The van der Waals surface area contributed by atoms with Crippen LogP contribution in [0.4, 0.5) is 0 Å². The number of benzene rings is 1. The summed E-state index contributed by atoms with van der Waals surface area (Å²) in [4.78, 5) is 0. The summed E-state index contributed by atoms with van der Waals surface area (Å²) < 4.78 is 21.7. The van der Waals surface area contributed by atoms with Crippen molar-refractivity contribution in [3.8, 4) is 5.75 Å². The predicted octanol–water partition coefficient (Wildman–Crippen LogP) is 2.42. The van der Waals surface area contributed by atoms with E-state index in [1.807, 2.05) is 19.1 Å². The smallest absolute Gasteiger partial charge is 0.496 e. The molecular formula is C13H22O4Si. The molecule has 4 nitrogen and oxygen atoms in total. The van der Waals surface area contributed by atoms with Gasteiger partial charge in [0.25, 0.3) is 0 Å². The number of methoxy groups -OCH3 is 1. The molecule has 0 spiro atoms. The zero-order valence-corrected chi connectivity index (χ0v) is 12.8. The Balaban J connectivity index is 2.82. The normalized spacial score (nSPS) is 11.6. The Morgan fingerprint density at radius 1 is 1.00 bits per heavy atom. The lowest BCUT2D eigenvalue weighted by Gasteiger charge is -2.24. The lowest BCUT2D eigenvalue weighted by Crippen LogP contribution is -2.43. The van der Waals surface area contributed by atoms with E-state index in [1.165, 1.54) is 0 Å². The van der Waals surface area contributed by atoms with Crippen LogP contribution in [0.3, 0.4) is 0 Å². The largest absolute Gasteiger partial charge is 0.500 e. The number of para-hydroxylation sites is 1. The van der Waals surface area contributed by atoms with E-state index in [4.69, 9.17) is 18.0 Å². The lowest BCUT2D eigenvalue weighted by atomic mass is 10.1. The SMILES string of the molecule is COc1c(C)cccc1CC[Si](OC)(OC)OC. The second kappa shape index (κ2) is 6.89. The van der Waals surface area contributed by atoms with E-state index in [1.54, 1.807) is 28.4 Å². The summed E-state index contributed by atoms with van der Waals surface area (Å²) in [6.07, 6.45) is 0.812. The molecule has 0 unspecified atom stereocenters. The number of aryl methyl sites for hydroxylation is 2. The van der Waals surface area contributed by atoms with E-state index >= 15 is 0 Å². The van der Waals surface area contributed by atoms with E-state index in [-0.39, 0.29) is 0 Å². The second-order valence-electron chi connectivity index (χ2n) is 4.06. The predicted molar refractivity (Wildman–Crippen MR) is 73.0 cm³/mol. The molecule has 0 radical (unpaired) electrons. The standard InChI is InChI=1S/C13H22O4Si/c1-11-7-6-8-12(13(11)14-2)9-10-18(15-3,16-4)17-5/h6-8H,9-10H2,1-5H3. The minimum atomic E-state index is -2.51. The molecule has 0 aliphatic rings. The summed E-state index contributed by atoms with van der Waals surface area (Å²) in [5.41, 5.74) is 2.29. The Hall–Kier alpha value is -0.883. The number of ether oxygens (including phenoxy) is 1. The van der Waals surface area contributed by atoms with Gasteiger partial charge in [0.2, 0.25) is 0 Å². The van der Waals surface area contributed by atoms with Gasteiger partial charge in [0.05, 0.1) is 7.11 Å². The van der Waals surface area contributed by atoms with Crippen LogP contribution in [0.25, 0.3) is 0 Å². The van der Waals surface area contributed by atoms with Crippen LogP contribution >= 0.6 is 0 Å². The summed E-state index contributed by atoms with van der Waals surface area (Å²) in [7, 11) is 4.08. The first-order chi connectivity index (χ1) is 8.62. The van der Waals surface area contributed by atoms with Crippen LogP contribution in [-0.4, -0.2) is 37.2 Å². The van der Waals surface area contributed by atoms with Crippen LogP contribution < -0.4 is 4.74 Å². The Kier molecular flexibility index (Phi) is 5.81. The summed E-state index contributed by atoms with van der Waals surface area (Å²) in [5.74, 6) is 0.934. The monoisotopic (exact) mass is 270 g/mol. The van der Waals surface area contributed by atoms with Gasteiger partial charge in [-0.15, -0.1) is 0 Å². The fourth-order valence-corrected chi connectivity index (χ4v) is 3.73. The van der Waals surface area contributed by atoms with Crippen LogP contribution in [-0.2, 0) is 19.7 Å². The molecule has 1 aromatic carbocycles. The van der Waals surface area contributed by atoms with Crippen LogP contribution in [0.5, 0.6) is 5.75 Å². The van der Waals surface area contributed by atoms with E-state index in [0.29, 0.717) is 0 Å². The van der Waals surface area contributed by atoms with Gasteiger partial charge in [0, 0.05) is 27.4 Å². The van der Waals surface area contributed by atoms with Crippen molar-refractivity contribution >= 4 is 8.80 Å². The van der Waals surface area contributed by atoms with Crippen molar-refractivity contribution in [2.45, 2.75) is 19.4 Å². The fraction of sp³-hybridized carbons (Fsp3) is 0.538. The van der Waals surface area contributed by atoms with Gasteiger partial charge in [0.15, 0.2) is 0 Å². The zero-order chi connectivity index (χ0) is 13.6. The average Bonchev–Trinajstić information content (AvgIpc) is 2.41. The molecule has 5 heteroatoms. The van der Waals surface area contributed by atoms with Crippen molar-refractivity contribution < 1.29 is 18.0 Å². The molecule has 0 amide bonds. The number of hydrogen-bond acceptors (Lipinski definition) is 4. The van der Waals surface area contributed by atoms with Gasteiger partial charge in [-0.2, -0.15) is 0 Å². The van der Waals surface area contributed by atoms with E-state index in [2.05, 4.69) is 6.07 Å². The van der Waals surface area contributed by atoms with E-state index in [9.17, 15) is 0 Å². The molecule has 1 rings (SSSR count). The first-order valence-corrected chi connectivity index (χ1v) is 7.83. The van der Waals surface area contributed by atoms with Gasteiger partial charge in [-0.1, -0.05) is 18.2 Å². The van der Waals surface area contributed by atoms with Crippen molar-refractivity contribution in [3.63, 3.8) is 0 Å². The molecule has 0 heterocycles. The molecule has 0 atom stereocenters. The van der Waals surface area contributed by atoms with Crippen LogP contribution in [0.15, 0.2) is 18.2 Å². The topological polar surface area (TPSA) is 36.9 Å². The molecule has 0 fully saturated rings. The summed E-state index contributed by atoms with van der Waals surface area (Å²) in [6, 6.07) is 6.86. The maximum Gasteiger partial charge on any atom is 0.500 e. The molecule has 102 valence electrons. The average molecular weight is 270 g/mol. The zero-order valence-electron chi connectivity index (χ0n) is 11.8. The molecule has 0 aliphatic heterocycles. The van der Waals surface area contributed by atoms with E-state index < -0.39 is 8.80 Å². The Bertz CT molecular complexity index is 369. The highest BCUT2D eigenvalue weighted by Gasteiger charge is 2.37. The van der Waals surface area contributed by atoms with Crippen molar-refractivity contribution in [3.05, 3.63) is 29.3 Å². The van der Waals surface area contributed by atoms with Crippen LogP contribution in [0.1, 0.15) is 11.1 Å². The van der Waals surface area contributed by atoms with Gasteiger partial charge >= 0.3 is 8.80 Å². The lowest BCUT2D eigenvalue weighted by molar-refractivity contribution is 0.123. The van der Waals surface area contributed by atoms with Crippen molar-refractivity contribution in [1.29, 1.82) is 0 Å². The first kappa shape index (κ1) is 15.2. The molecule has 0 bridgehead atoms.